The highest BCUT2D eigenvalue weighted by atomic mass is 35.5. The predicted molar refractivity (Wildman–Crippen MR) is 136 cm³/mol. The number of carbonyl (C=O) groups excluding carboxylic acids is 1. The average Bonchev–Trinajstić information content (AvgIpc) is 2.84. The monoisotopic (exact) mass is 550 g/mol. The lowest BCUT2D eigenvalue weighted by atomic mass is 9.92. The summed E-state index contributed by atoms with van der Waals surface area (Å²) in [6.45, 7) is 5.66. The number of carbonyl (C=O) groups is 1. The molecule has 2 aromatic heterocycles. The van der Waals surface area contributed by atoms with E-state index >= 15 is 0 Å². The van der Waals surface area contributed by atoms with Gasteiger partial charge in [0.25, 0.3) is 0 Å². The highest BCUT2D eigenvalue weighted by molar-refractivity contribution is 7.89. The second-order valence-electron chi connectivity index (χ2n) is 10.3. The van der Waals surface area contributed by atoms with Crippen LogP contribution in [0.3, 0.4) is 0 Å². The van der Waals surface area contributed by atoms with Crippen molar-refractivity contribution in [2.24, 2.45) is 0 Å². The number of ether oxygens (including phenoxy) is 1. The maximum absolute atomic E-state index is 13.5. The van der Waals surface area contributed by atoms with E-state index < -0.39 is 15.6 Å². The van der Waals surface area contributed by atoms with Crippen molar-refractivity contribution in [3.8, 4) is 0 Å². The summed E-state index contributed by atoms with van der Waals surface area (Å²) in [6, 6.07) is 2.59. The zero-order chi connectivity index (χ0) is 26.4. The molecule has 0 radical (unpaired) electrons. The van der Waals surface area contributed by atoms with Gasteiger partial charge in [-0.3, -0.25) is 9.69 Å². The van der Waals surface area contributed by atoms with Crippen LogP contribution < -0.4 is 4.90 Å². The van der Waals surface area contributed by atoms with Gasteiger partial charge in [-0.25, -0.2) is 23.4 Å². The Hall–Kier alpha value is -2.22. The molecule has 11 nitrogen and oxygen atoms in total. The van der Waals surface area contributed by atoms with Crippen molar-refractivity contribution in [2.45, 2.75) is 55.3 Å². The van der Waals surface area contributed by atoms with E-state index in [0.717, 1.165) is 0 Å². The Labute approximate surface area is 221 Å². The van der Waals surface area contributed by atoms with E-state index in [-0.39, 0.29) is 47.0 Å². The Kier molecular flexibility index (Phi) is 7.24. The van der Waals surface area contributed by atoms with E-state index in [4.69, 9.17) is 16.3 Å². The molecule has 5 rings (SSSR count). The molecule has 37 heavy (non-hydrogen) atoms. The molecule has 3 fully saturated rings. The van der Waals surface area contributed by atoms with Gasteiger partial charge < -0.3 is 14.7 Å². The largest absolute Gasteiger partial charge is 0.386 e. The fourth-order valence-electron chi connectivity index (χ4n) is 5.25. The molecule has 0 aromatic carbocycles. The van der Waals surface area contributed by atoms with Gasteiger partial charge in [0.2, 0.25) is 16.0 Å². The number of piperidine rings is 1. The maximum atomic E-state index is 13.5. The predicted octanol–water partition coefficient (Wildman–Crippen LogP) is 1.06. The average molecular weight is 551 g/mol. The Morgan fingerprint density at radius 3 is 2.35 bits per heavy atom. The molecule has 13 heteroatoms. The summed E-state index contributed by atoms with van der Waals surface area (Å²) in [5.41, 5.74) is -0.486. The first kappa shape index (κ1) is 26.4. The van der Waals surface area contributed by atoms with Gasteiger partial charge in [0, 0.05) is 75.3 Å². The Morgan fingerprint density at radius 2 is 1.76 bits per heavy atom. The van der Waals surface area contributed by atoms with Crippen LogP contribution in [-0.4, -0.2) is 101 Å². The first-order valence-corrected chi connectivity index (χ1v) is 14.1. The SMILES string of the molecule is CC(C)(O)c1cnc(N2CCN(S(=O)(=O)c3ccc(Cl)nc3)C[C@@H]2CN2C3COCC2CC(=O)C3)nc1. The topological polar surface area (TPSA) is 129 Å². The van der Waals surface area contributed by atoms with Crippen LogP contribution in [0.25, 0.3) is 0 Å². The number of rotatable bonds is 6. The molecule has 0 spiro atoms. The summed E-state index contributed by atoms with van der Waals surface area (Å²) in [4.78, 5) is 29.6. The number of aromatic nitrogens is 3. The van der Waals surface area contributed by atoms with Crippen LogP contribution in [0.4, 0.5) is 5.95 Å². The quantitative estimate of drug-likeness (QED) is 0.521. The fourth-order valence-corrected chi connectivity index (χ4v) is 6.77. The smallest absolute Gasteiger partial charge is 0.244 e. The number of Topliss-reactive ketones (excluding diaryl/α,β-unsaturated/α-hetero) is 1. The molecule has 200 valence electrons. The van der Waals surface area contributed by atoms with Crippen LogP contribution in [0.5, 0.6) is 0 Å². The molecule has 2 aromatic rings. The lowest BCUT2D eigenvalue weighted by Gasteiger charge is -2.49. The Bertz CT molecular complexity index is 1220. The van der Waals surface area contributed by atoms with E-state index in [1.165, 1.54) is 22.6 Å². The minimum atomic E-state index is -3.80. The van der Waals surface area contributed by atoms with Gasteiger partial charge in [0.05, 0.1) is 24.9 Å². The molecule has 3 aliphatic heterocycles. The molecule has 1 N–H and O–H groups in total. The number of aliphatic hydroxyl groups is 1. The second-order valence-corrected chi connectivity index (χ2v) is 12.7. The van der Waals surface area contributed by atoms with Crippen molar-refractivity contribution in [1.82, 2.24) is 24.2 Å². The van der Waals surface area contributed by atoms with Gasteiger partial charge in [0.1, 0.15) is 15.8 Å². The number of halogens is 1. The lowest BCUT2D eigenvalue weighted by Crippen LogP contribution is -2.64. The third kappa shape index (κ3) is 5.50. The van der Waals surface area contributed by atoms with E-state index in [1.807, 2.05) is 4.90 Å². The zero-order valence-corrected chi connectivity index (χ0v) is 22.4. The van der Waals surface area contributed by atoms with Crippen molar-refractivity contribution >= 4 is 33.4 Å². The highest BCUT2D eigenvalue weighted by Crippen LogP contribution is 2.29. The summed E-state index contributed by atoms with van der Waals surface area (Å²) in [7, 11) is -3.80. The van der Waals surface area contributed by atoms with Crippen molar-refractivity contribution < 1.29 is 23.1 Å². The van der Waals surface area contributed by atoms with Crippen LogP contribution in [0.2, 0.25) is 5.15 Å². The number of hydrogen-bond acceptors (Lipinski definition) is 10. The summed E-state index contributed by atoms with van der Waals surface area (Å²) in [6.07, 6.45) is 5.33. The third-order valence-electron chi connectivity index (χ3n) is 7.29. The number of piperazine rings is 1. The molecule has 2 bridgehead atoms. The molecule has 0 amide bonds. The molecule has 5 heterocycles. The van der Waals surface area contributed by atoms with Gasteiger partial charge in [-0.05, 0) is 26.0 Å². The second kappa shape index (κ2) is 10.2. The first-order chi connectivity index (χ1) is 17.5. The summed E-state index contributed by atoms with van der Waals surface area (Å²) < 4.78 is 34.1. The van der Waals surface area contributed by atoms with Gasteiger partial charge in [-0.2, -0.15) is 4.31 Å². The van der Waals surface area contributed by atoms with Crippen LogP contribution in [0.1, 0.15) is 32.3 Å². The van der Waals surface area contributed by atoms with Crippen molar-refractivity contribution in [1.29, 1.82) is 0 Å². The van der Waals surface area contributed by atoms with E-state index in [2.05, 4.69) is 19.9 Å². The number of hydrogen-bond donors (Lipinski definition) is 1. The molecule has 2 unspecified atom stereocenters. The van der Waals surface area contributed by atoms with Crippen LogP contribution in [0, 0.1) is 0 Å². The zero-order valence-electron chi connectivity index (χ0n) is 20.8. The van der Waals surface area contributed by atoms with Gasteiger partial charge in [0.15, 0.2) is 0 Å². The summed E-state index contributed by atoms with van der Waals surface area (Å²) in [5, 5.41) is 10.5. The number of nitrogens with zero attached hydrogens (tertiary/aromatic N) is 6. The fraction of sp³-hybridized carbons (Fsp3) is 0.583. The normalized spacial score (nSPS) is 25.9. The molecular weight excluding hydrogens is 520 g/mol. The highest BCUT2D eigenvalue weighted by Gasteiger charge is 2.43. The molecule has 0 aliphatic carbocycles. The van der Waals surface area contributed by atoms with Crippen molar-refractivity contribution in [3.05, 3.63) is 41.4 Å². The van der Waals surface area contributed by atoms with Gasteiger partial charge in [-0.1, -0.05) is 11.6 Å². The van der Waals surface area contributed by atoms with Crippen molar-refractivity contribution in [3.63, 3.8) is 0 Å². The Balaban J connectivity index is 1.43. The number of morpholine rings is 1. The van der Waals surface area contributed by atoms with E-state index in [9.17, 15) is 18.3 Å². The number of pyridine rings is 1. The van der Waals surface area contributed by atoms with Crippen LogP contribution >= 0.6 is 11.6 Å². The maximum Gasteiger partial charge on any atom is 0.244 e. The summed E-state index contributed by atoms with van der Waals surface area (Å²) in [5.74, 6) is 0.706. The van der Waals surface area contributed by atoms with Gasteiger partial charge in [-0.15, -0.1) is 0 Å². The first-order valence-electron chi connectivity index (χ1n) is 12.3. The summed E-state index contributed by atoms with van der Waals surface area (Å²) >= 11 is 5.87. The number of anilines is 1. The van der Waals surface area contributed by atoms with Gasteiger partial charge >= 0.3 is 0 Å². The minimum Gasteiger partial charge on any atom is -0.386 e. The lowest BCUT2D eigenvalue weighted by molar-refractivity contribution is -0.136. The van der Waals surface area contributed by atoms with Crippen molar-refractivity contribution in [2.75, 3.05) is 44.3 Å². The number of sulfonamides is 1. The molecule has 0 saturated carbocycles. The molecule has 3 aliphatic rings. The Morgan fingerprint density at radius 1 is 1.08 bits per heavy atom. The van der Waals surface area contributed by atoms with E-state index in [0.29, 0.717) is 50.7 Å². The minimum absolute atomic E-state index is 0.0345. The molecular formula is C24H31ClN6O5S. The van der Waals surface area contributed by atoms with E-state index in [1.54, 1.807) is 26.2 Å². The van der Waals surface area contributed by atoms with Crippen LogP contribution in [0.15, 0.2) is 35.6 Å². The third-order valence-corrected chi connectivity index (χ3v) is 9.36. The molecule has 3 atom stereocenters. The standard InChI is InChI=1S/C24H31ClN6O5S/c1-24(2,33)16-9-27-23(28-10-16)30-6-5-29(37(34,35)21-3-4-22(25)26-11-21)12-19(30)13-31-17-7-20(32)8-18(31)15-36-14-17/h3-4,9-11,17-19,33H,5-8,12-15H2,1-2H3/t17?,18?,19-/m1/s1. The van der Waals surface area contributed by atoms with Crippen LogP contribution in [-0.2, 0) is 25.2 Å². The number of fused-ring (bicyclic) bond motifs is 2. The number of ketones is 1. The molecule has 3 saturated heterocycles.